The average Bonchev–Trinajstić information content (AvgIpc) is 3.32. The van der Waals surface area contributed by atoms with Gasteiger partial charge in [0.1, 0.15) is 16.9 Å². The molecule has 1 atom stereocenters. The number of nitrogens with one attached hydrogen (secondary N) is 2. The fraction of sp³-hybridized carbons (Fsp3) is 0.308. The molecule has 0 amide bonds. The van der Waals surface area contributed by atoms with Crippen molar-refractivity contribution in [3.8, 4) is 21.8 Å². The number of aromatic nitrogens is 4. The number of halogens is 1. The van der Waals surface area contributed by atoms with Crippen molar-refractivity contribution in [3.63, 3.8) is 0 Å². The first-order valence-corrected chi connectivity index (χ1v) is 15.0. The van der Waals surface area contributed by atoms with E-state index in [0.717, 1.165) is 31.9 Å². The summed E-state index contributed by atoms with van der Waals surface area (Å²) < 4.78 is 40.0. The van der Waals surface area contributed by atoms with Gasteiger partial charge in [-0.1, -0.05) is 19.1 Å². The highest BCUT2D eigenvalue weighted by Crippen LogP contribution is 2.39. The van der Waals surface area contributed by atoms with Gasteiger partial charge in [0.25, 0.3) is 0 Å². The Bertz CT molecular complexity index is 1570. The molecule has 204 valence electrons. The average molecular weight is 569 g/mol. The molecule has 1 aliphatic rings. The van der Waals surface area contributed by atoms with Crippen molar-refractivity contribution in [1.82, 2.24) is 25.3 Å². The summed E-state index contributed by atoms with van der Waals surface area (Å²) in [6, 6.07) is 10.3. The molecule has 1 fully saturated rings. The number of thiazole rings is 1. The molecule has 39 heavy (non-hydrogen) atoms. The van der Waals surface area contributed by atoms with Crippen molar-refractivity contribution in [3.05, 3.63) is 65.2 Å². The third-order valence-electron chi connectivity index (χ3n) is 6.49. The summed E-state index contributed by atoms with van der Waals surface area (Å²) in [5, 5.41) is 11.4. The number of nitrogens with two attached hydrogens (primary N) is 1. The standard InChI is InChI=1S/C26H29FN8O2S2/c1-3-21(39(28,36)37)18-5-4-6-19(23(18)27)24-25(38-16(2)32-24)20-9-10-30-26(33-20)34-22-8-7-17(15-31-22)35-13-11-29-12-14-35/h4-10,15,21,29H,3,11-14H2,1-2H3,(H2,28,36,37)(H,30,31,33,34). The Morgan fingerprint density at radius 3 is 2.64 bits per heavy atom. The monoisotopic (exact) mass is 568 g/mol. The van der Waals surface area contributed by atoms with Crippen LogP contribution in [0.25, 0.3) is 21.8 Å². The number of hydrogen-bond donors (Lipinski definition) is 3. The third kappa shape index (κ3) is 5.91. The van der Waals surface area contributed by atoms with E-state index in [-0.39, 0.29) is 17.5 Å². The van der Waals surface area contributed by atoms with E-state index >= 15 is 4.39 Å². The molecule has 5 rings (SSSR count). The van der Waals surface area contributed by atoms with E-state index in [0.29, 0.717) is 33.0 Å². The summed E-state index contributed by atoms with van der Waals surface area (Å²) >= 11 is 1.36. The number of aryl methyl sites for hydroxylation is 1. The maximum atomic E-state index is 15.7. The zero-order valence-corrected chi connectivity index (χ0v) is 23.2. The summed E-state index contributed by atoms with van der Waals surface area (Å²) in [5.41, 5.74) is 2.19. The lowest BCUT2D eigenvalue weighted by Gasteiger charge is -2.29. The van der Waals surface area contributed by atoms with Crippen molar-refractivity contribution < 1.29 is 12.8 Å². The van der Waals surface area contributed by atoms with Crippen molar-refractivity contribution in [2.45, 2.75) is 25.5 Å². The number of sulfonamides is 1. The Morgan fingerprint density at radius 1 is 1.15 bits per heavy atom. The van der Waals surface area contributed by atoms with Gasteiger partial charge in [-0.25, -0.2) is 37.9 Å². The molecule has 1 aromatic carbocycles. The number of anilines is 3. The van der Waals surface area contributed by atoms with Gasteiger partial charge in [-0.05, 0) is 37.6 Å². The van der Waals surface area contributed by atoms with Crippen LogP contribution in [0.3, 0.4) is 0 Å². The van der Waals surface area contributed by atoms with E-state index in [2.05, 4.69) is 35.5 Å². The number of nitrogens with zero attached hydrogens (tertiary/aromatic N) is 5. The Morgan fingerprint density at radius 2 is 1.95 bits per heavy atom. The molecular weight excluding hydrogens is 539 g/mol. The number of hydrogen-bond acceptors (Lipinski definition) is 10. The fourth-order valence-electron chi connectivity index (χ4n) is 4.62. The Kier molecular flexibility index (Phi) is 7.84. The summed E-state index contributed by atoms with van der Waals surface area (Å²) in [7, 11) is -3.99. The summed E-state index contributed by atoms with van der Waals surface area (Å²) in [4.78, 5) is 21.0. The van der Waals surface area contributed by atoms with Gasteiger partial charge in [-0.15, -0.1) is 11.3 Å². The summed E-state index contributed by atoms with van der Waals surface area (Å²) in [6.45, 7) is 7.23. The van der Waals surface area contributed by atoms with Gasteiger partial charge in [0.2, 0.25) is 16.0 Å². The van der Waals surface area contributed by atoms with Crippen LogP contribution in [-0.4, -0.2) is 54.5 Å². The zero-order chi connectivity index (χ0) is 27.6. The molecule has 1 saturated heterocycles. The molecule has 0 bridgehead atoms. The van der Waals surface area contributed by atoms with Crippen LogP contribution in [0.1, 0.15) is 29.2 Å². The van der Waals surface area contributed by atoms with Crippen LogP contribution < -0.4 is 20.7 Å². The Balaban J connectivity index is 1.44. The topological polar surface area (TPSA) is 139 Å². The largest absolute Gasteiger partial charge is 0.368 e. The van der Waals surface area contributed by atoms with Crippen LogP contribution in [0.5, 0.6) is 0 Å². The molecule has 0 radical (unpaired) electrons. The van der Waals surface area contributed by atoms with Gasteiger partial charge < -0.3 is 15.5 Å². The van der Waals surface area contributed by atoms with Crippen LogP contribution >= 0.6 is 11.3 Å². The second kappa shape index (κ2) is 11.3. The van der Waals surface area contributed by atoms with Crippen molar-refractivity contribution in [1.29, 1.82) is 0 Å². The summed E-state index contributed by atoms with van der Waals surface area (Å²) in [5.74, 6) is 0.270. The number of benzene rings is 1. The normalized spacial score (nSPS) is 14.8. The second-order valence-electron chi connectivity index (χ2n) is 9.13. The Labute approximate surface area is 230 Å². The molecule has 13 heteroatoms. The smallest absolute Gasteiger partial charge is 0.228 e. The molecule has 4 heterocycles. The highest BCUT2D eigenvalue weighted by molar-refractivity contribution is 7.89. The van der Waals surface area contributed by atoms with E-state index in [9.17, 15) is 8.42 Å². The number of rotatable bonds is 8. The van der Waals surface area contributed by atoms with Crippen molar-refractivity contribution in [2.24, 2.45) is 5.14 Å². The lowest BCUT2D eigenvalue weighted by atomic mass is 10.0. The molecule has 4 N–H and O–H groups in total. The van der Waals surface area contributed by atoms with Gasteiger partial charge in [0.15, 0.2) is 0 Å². The minimum atomic E-state index is -3.99. The van der Waals surface area contributed by atoms with Crippen LogP contribution in [0, 0.1) is 12.7 Å². The molecule has 3 aromatic heterocycles. The number of primary sulfonamides is 1. The van der Waals surface area contributed by atoms with Gasteiger partial charge in [-0.3, -0.25) is 0 Å². The maximum Gasteiger partial charge on any atom is 0.228 e. The molecule has 4 aromatic rings. The zero-order valence-electron chi connectivity index (χ0n) is 21.6. The molecule has 0 aliphatic carbocycles. The minimum absolute atomic E-state index is 0.0227. The molecule has 1 unspecified atom stereocenters. The highest BCUT2D eigenvalue weighted by Gasteiger charge is 2.28. The van der Waals surface area contributed by atoms with Crippen molar-refractivity contribution in [2.75, 3.05) is 36.4 Å². The molecule has 10 nitrogen and oxygen atoms in total. The lowest BCUT2D eigenvalue weighted by Crippen LogP contribution is -2.43. The van der Waals surface area contributed by atoms with E-state index < -0.39 is 21.1 Å². The highest BCUT2D eigenvalue weighted by atomic mass is 32.2. The third-order valence-corrected chi connectivity index (χ3v) is 8.86. The van der Waals surface area contributed by atoms with Gasteiger partial charge in [0.05, 0.1) is 33.2 Å². The van der Waals surface area contributed by atoms with E-state index in [1.165, 1.54) is 17.4 Å². The van der Waals surface area contributed by atoms with Crippen LogP contribution in [0.15, 0.2) is 48.8 Å². The van der Waals surface area contributed by atoms with Gasteiger partial charge in [-0.2, -0.15) is 0 Å². The Hall–Kier alpha value is -3.52. The van der Waals surface area contributed by atoms with Crippen LogP contribution in [0.4, 0.5) is 21.8 Å². The predicted octanol–water partition coefficient (Wildman–Crippen LogP) is 4.00. The first-order chi connectivity index (χ1) is 18.7. The number of pyridine rings is 1. The maximum absolute atomic E-state index is 15.7. The summed E-state index contributed by atoms with van der Waals surface area (Å²) in [6.07, 6.45) is 3.58. The van der Waals surface area contributed by atoms with Gasteiger partial charge in [0, 0.05) is 43.5 Å². The van der Waals surface area contributed by atoms with Crippen molar-refractivity contribution >= 4 is 38.8 Å². The van der Waals surface area contributed by atoms with E-state index in [1.54, 1.807) is 31.3 Å². The molecule has 1 aliphatic heterocycles. The first-order valence-electron chi connectivity index (χ1n) is 12.5. The van der Waals surface area contributed by atoms with E-state index in [4.69, 9.17) is 5.14 Å². The minimum Gasteiger partial charge on any atom is -0.368 e. The molecule has 0 saturated carbocycles. The molecular formula is C26H29FN8O2S2. The molecule has 0 spiro atoms. The second-order valence-corrected chi connectivity index (χ2v) is 12.1. The van der Waals surface area contributed by atoms with Crippen LogP contribution in [-0.2, 0) is 10.0 Å². The SMILES string of the molecule is CCC(c1cccc(-c2nc(C)sc2-c2ccnc(Nc3ccc(N4CCNCC4)cn3)n2)c1F)S(N)(=O)=O. The first kappa shape index (κ1) is 27.1. The number of piperazine rings is 1. The lowest BCUT2D eigenvalue weighted by molar-refractivity contribution is 0.566. The van der Waals surface area contributed by atoms with Crippen LogP contribution in [0.2, 0.25) is 0 Å². The quantitative estimate of drug-likeness (QED) is 0.288. The fourth-order valence-corrected chi connectivity index (χ4v) is 6.53. The predicted molar refractivity (Wildman–Crippen MR) is 152 cm³/mol. The van der Waals surface area contributed by atoms with E-state index in [1.807, 2.05) is 25.3 Å². The van der Waals surface area contributed by atoms with Gasteiger partial charge >= 0.3 is 0 Å².